The summed E-state index contributed by atoms with van der Waals surface area (Å²) in [5, 5.41) is 4.18. The zero-order valence-corrected chi connectivity index (χ0v) is 8.93. The zero-order valence-electron chi connectivity index (χ0n) is 8.18. The molecule has 1 aromatic carbocycles. The van der Waals surface area contributed by atoms with Crippen molar-refractivity contribution in [1.29, 1.82) is 0 Å². The summed E-state index contributed by atoms with van der Waals surface area (Å²) in [5.41, 5.74) is 1.33. The molecule has 0 bridgehead atoms. The van der Waals surface area contributed by atoms with Gasteiger partial charge in [-0.2, -0.15) is 0 Å². The lowest BCUT2D eigenvalue weighted by Crippen LogP contribution is -2.27. The maximum Gasteiger partial charge on any atom is 0.0406 e. The zero-order chi connectivity index (χ0) is 9.68. The Bertz CT molecular complexity index is 243. The average molecular weight is 198 g/mol. The molecule has 2 heteroatoms. The quantitative estimate of drug-likeness (QED) is 0.783. The molecule has 1 unspecified atom stereocenters. The molecule has 1 atom stereocenters. The molecule has 0 radical (unpaired) electrons. The van der Waals surface area contributed by atoms with Gasteiger partial charge < -0.3 is 5.32 Å². The van der Waals surface area contributed by atoms with Crippen LogP contribution in [0.25, 0.3) is 0 Å². The van der Waals surface area contributed by atoms with Gasteiger partial charge >= 0.3 is 0 Å². The normalized spacial score (nSPS) is 12.8. The van der Waals surface area contributed by atoms with Crippen molar-refractivity contribution in [2.45, 2.75) is 26.3 Å². The summed E-state index contributed by atoms with van der Waals surface area (Å²) < 4.78 is 0. The Kier molecular flexibility index (Phi) is 4.26. The fraction of sp³-hybridized carbons (Fsp3) is 0.455. The lowest BCUT2D eigenvalue weighted by Gasteiger charge is -2.11. The molecular weight excluding hydrogens is 182 g/mol. The van der Waals surface area contributed by atoms with Crippen molar-refractivity contribution in [2.24, 2.45) is 0 Å². The highest BCUT2D eigenvalue weighted by Gasteiger charge is 2.00. The predicted molar refractivity (Wildman–Crippen MR) is 58.3 cm³/mol. The largest absolute Gasteiger partial charge is 0.314 e. The Morgan fingerprint density at radius 3 is 2.46 bits per heavy atom. The molecule has 1 N–H and O–H groups in total. The van der Waals surface area contributed by atoms with E-state index in [1.54, 1.807) is 0 Å². The van der Waals surface area contributed by atoms with E-state index in [4.69, 9.17) is 11.6 Å². The summed E-state index contributed by atoms with van der Waals surface area (Å²) in [6.07, 6.45) is 1.06. The smallest absolute Gasteiger partial charge is 0.0406 e. The van der Waals surface area contributed by atoms with Crippen LogP contribution in [0.15, 0.2) is 24.3 Å². The van der Waals surface area contributed by atoms with Crippen LogP contribution in [0, 0.1) is 0 Å². The Hall–Kier alpha value is -0.530. The van der Waals surface area contributed by atoms with Crippen molar-refractivity contribution in [3.05, 3.63) is 34.9 Å². The first-order valence-corrected chi connectivity index (χ1v) is 5.08. The Morgan fingerprint density at radius 2 is 1.92 bits per heavy atom. The molecule has 0 amide bonds. The molecule has 0 spiro atoms. The van der Waals surface area contributed by atoms with Crippen LogP contribution < -0.4 is 5.32 Å². The van der Waals surface area contributed by atoms with E-state index in [1.807, 2.05) is 12.1 Å². The summed E-state index contributed by atoms with van der Waals surface area (Å²) in [6, 6.07) is 8.57. The molecule has 0 aliphatic heterocycles. The number of hydrogen-bond acceptors (Lipinski definition) is 1. The van der Waals surface area contributed by atoms with Gasteiger partial charge in [-0.3, -0.25) is 0 Å². The maximum atomic E-state index is 5.79. The van der Waals surface area contributed by atoms with E-state index in [9.17, 15) is 0 Å². The van der Waals surface area contributed by atoms with Crippen LogP contribution in [0.5, 0.6) is 0 Å². The van der Waals surface area contributed by atoms with Gasteiger partial charge in [0.25, 0.3) is 0 Å². The lowest BCUT2D eigenvalue weighted by molar-refractivity contribution is 0.565. The molecule has 0 aromatic heterocycles. The van der Waals surface area contributed by atoms with E-state index in [0.29, 0.717) is 6.04 Å². The van der Waals surface area contributed by atoms with Crippen LogP contribution in [-0.4, -0.2) is 12.6 Å². The van der Waals surface area contributed by atoms with Crippen molar-refractivity contribution in [2.75, 3.05) is 6.54 Å². The van der Waals surface area contributed by atoms with Crippen LogP contribution in [0.4, 0.5) is 0 Å². The molecule has 0 aliphatic rings. The van der Waals surface area contributed by atoms with Crippen LogP contribution in [-0.2, 0) is 6.42 Å². The van der Waals surface area contributed by atoms with E-state index in [2.05, 4.69) is 31.3 Å². The number of halogens is 1. The van der Waals surface area contributed by atoms with Crippen LogP contribution in [0.3, 0.4) is 0 Å². The van der Waals surface area contributed by atoms with Gasteiger partial charge in [0.05, 0.1) is 0 Å². The van der Waals surface area contributed by atoms with E-state index < -0.39 is 0 Å². The molecule has 0 aliphatic carbocycles. The second-order valence-corrected chi connectivity index (χ2v) is 3.73. The summed E-state index contributed by atoms with van der Waals surface area (Å²) in [5.74, 6) is 0. The van der Waals surface area contributed by atoms with Gasteiger partial charge in [0.1, 0.15) is 0 Å². The van der Waals surface area contributed by atoms with E-state index in [-0.39, 0.29) is 0 Å². The monoisotopic (exact) mass is 197 g/mol. The fourth-order valence-corrected chi connectivity index (χ4v) is 1.52. The Morgan fingerprint density at radius 1 is 1.31 bits per heavy atom. The minimum Gasteiger partial charge on any atom is -0.314 e. The highest BCUT2D eigenvalue weighted by atomic mass is 35.5. The van der Waals surface area contributed by atoms with Crippen LogP contribution in [0.2, 0.25) is 5.02 Å². The summed E-state index contributed by atoms with van der Waals surface area (Å²) in [7, 11) is 0. The Labute approximate surface area is 85.1 Å². The number of hydrogen-bond donors (Lipinski definition) is 1. The third kappa shape index (κ3) is 3.79. The first-order chi connectivity index (χ1) is 6.22. The first kappa shape index (κ1) is 10.6. The van der Waals surface area contributed by atoms with Crippen molar-refractivity contribution < 1.29 is 0 Å². The van der Waals surface area contributed by atoms with E-state index in [1.165, 1.54) is 5.56 Å². The second kappa shape index (κ2) is 5.25. The standard InChI is InChI=1S/C11H16ClN/c1-3-13-9(2)8-10-4-6-11(12)7-5-10/h4-7,9,13H,3,8H2,1-2H3. The number of benzene rings is 1. The fourth-order valence-electron chi connectivity index (χ4n) is 1.39. The summed E-state index contributed by atoms with van der Waals surface area (Å²) in [6.45, 7) is 5.34. The summed E-state index contributed by atoms with van der Waals surface area (Å²) in [4.78, 5) is 0. The second-order valence-electron chi connectivity index (χ2n) is 3.29. The van der Waals surface area contributed by atoms with Gasteiger partial charge in [-0.25, -0.2) is 0 Å². The number of nitrogens with one attached hydrogen (secondary N) is 1. The Balaban J connectivity index is 2.49. The third-order valence-corrected chi connectivity index (χ3v) is 2.26. The summed E-state index contributed by atoms with van der Waals surface area (Å²) >= 11 is 5.79. The predicted octanol–water partition coefficient (Wildman–Crippen LogP) is 2.88. The lowest BCUT2D eigenvalue weighted by atomic mass is 10.1. The van der Waals surface area contributed by atoms with Gasteiger partial charge in [-0.1, -0.05) is 30.7 Å². The molecule has 1 aromatic rings. The number of likely N-dealkylation sites (N-methyl/N-ethyl adjacent to an activating group) is 1. The van der Waals surface area contributed by atoms with Gasteiger partial charge in [-0.15, -0.1) is 0 Å². The molecular formula is C11H16ClN. The third-order valence-electron chi connectivity index (χ3n) is 2.01. The topological polar surface area (TPSA) is 12.0 Å². The highest BCUT2D eigenvalue weighted by Crippen LogP contribution is 2.10. The van der Waals surface area contributed by atoms with Gasteiger partial charge in [0.2, 0.25) is 0 Å². The number of rotatable bonds is 4. The molecule has 1 nitrogen and oxygen atoms in total. The van der Waals surface area contributed by atoms with E-state index >= 15 is 0 Å². The van der Waals surface area contributed by atoms with Crippen molar-refractivity contribution >= 4 is 11.6 Å². The van der Waals surface area contributed by atoms with Crippen molar-refractivity contribution in [1.82, 2.24) is 5.32 Å². The van der Waals surface area contributed by atoms with Gasteiger partial charge in [-0.05, 0) is 37.6 Å². The van der Waals surface area contributed by atoms with E-state index in [0.717, 1.165) is 18.0 Å². The molecule has 0 fully saturated rings. The maximum absolute atomic E-state index is 5.79. The first-order valence-electron chi connectivity index (χ1n) is 4.70. The van der Waals surface area contributed by atoms with Crippen molar-refractivity contribution in [3.63, 3.8) is 0 Å². The molecule has 0 saturated carbocycles. The molecule has 1 rings (SSSR count). The minimum atomic E-state index is 0.533. The highest BCUT2D eigenvalue weighted by molar-refractivity contribution is 6.30. The molecule has 72 valence electrons. The van der Waals surface area contributed by atoms with Crippen LogP contribution in [0.1, 0.15) is 19.4 Å². The van der Waals surface area contributed by atoms with Gasteiger partial charge in [0.15, 0.2) is 0 Å². The van der Waals surface area contributed by atoms with Crippen molar-refractivity contribution in [3.8, 4) is 0 Å². The molecule has 0 saturated heterocycles. The molecule has 13 heavy (non-hydrogen) atoms. The van der Waals surface area contributed by atoms with Crippen LogP contribution >= 0.6 is 11.6 Å². The SMILES string of the molecule is CCNC(C)Cc1ccc(Cl)cc1. The van der Waals surface area contributed by atoms with Gasteiger partial charge in [0, 0.05) is 11.1 Å². The minimum absolute atomic E-state index is 0.533. The molecule has 0 heterocycles. The average Bonchev–Trinajstić information content (AvgIpc) is 2.09.